The number of hydrogen-bond acceptors (Lipinski definition) is 4. The molecule has 0 unspecified atom stereocenters. The van der Waals surface area contributed by atoms with Gasteiger partial charge in [0.25, 0.3) is 0 Å². The number of hydrogen-bond donors (Lipinski definition) is 1. The molecule has 0 bridgehead atoms. The molecule has 20 heavy (non-hydrogen) atoms. The molecule has 0 atom stereocenters. The van der Waals surface area contributed by atoms with Crippen LogP contribution in [0.15, 0.2) is 18.2 Å². The van der Waals surface area contributed by atoms with E-state index in [0.717, 1.165) is 34.0 Å². The molecule has 0 saturated heterocycles. The Balaban J connectivity index is 2.44. The first-order valence-electron chi connectivity index (χ1n) is 6.77. The van der Waals surface area contributed by atoms with Crippen LogP contribution in [0.3, 0.4) is 0 Å². The SMILES string of the molecule is Cc1cc(C)nc(Oc2cc(C)c(N)cc2C(C)C)n1. The maximum atomic E-state index is 5.98. The first-order valence-corrected chi connectivity index (χ1v) is 6.77. The van der Waals surface area contributed by atoms with Crippen molar-refractivity contribution in [2.45, 2.75) is 40.5 Å². The molecule has 0 fully saturated rings. The van der Waals surface area contributed by atoms with Crippen molar-refractivity contribution in [1.82, 2.24) is 9.97 Å². The summed E-state index contributed by atoms with van der Waals surface area (Å²) in [6.07, 6.45) is 0. The van der Waals surface area contributed by atoms with E-state index in [9.17, 15) is 0 Å². The van der Waals surface area contributed by atoms with Crippen LogP contribution in [0.1, 0.15) is 42.3 Å². The molecule has 2 N–H and O–H groups in total. The third-order valence-electron chi connectivity index (χ3n) is 3.18. The Morgan fingerprint density at radius 3 is 2.15 bits per heavy atom. The molecule has 1 aromatic heterocycles. The summed E-state index contributed by atoms with van der Waals surface area (Å²) in [6.45, 7) is 10.0. The maximum Gasteiger partial charge on any atom is 0.322 e. The van der Waals surface area contributed by atoms with Gasteiger partial charge in [-0.15, -0.1) is 0 Å². The highest BCUT2D eigenvalue weighted by atomic mass is 16.5. The second-order valence-electron chi connectivity index (χ2n) is 5.44. The van der Waals surface area contributed by atoms with E-state index in [1.54, 1.807) is 0 Å². The Bertz CT molecular complexity index is 616. The molecule has 0 aliphatic carbocycles. The van der Waals surface area contributed by atoms with E-state index in [1.807, 2.05) is 39.0 Å². The highest BCUT2D eigenvalue weighted by molar-refractivity contribution is 5.55. The van der Waals surface area contributed by atoms with Gasteiger partial charge in [0.15, 0.2) is 0 Å². The van der Waals surface area contributed by atoms with Crippen LogP contribution < -0.4 is 10.5 Å². The standard InChI is InChI=1S/C16H21N3O/c1-9(2)13-8-14(17)10(3)6-15(13)20-16-18-11(4)7-12(5)19-16/h6-9H,17H2,1-5H3. The summed E-state index contributed by atoms with van der Waals surface area (Å²) < 4.78 is 5.89. The van der Waals surface area contributed by atoms with Gasteiger partial charge in [-0.25, -0.2) is 9.97 Å². The summed E-state index contributed by atoms with van der Waals surface area (Å²) in [5.41, 5.74) is 10.6. The van der Waals surface area contributed by atoms with Crippen LogP contribution in [0.4, 0.5) is 5.69 Å². The second-order valence-corrected chi connectivity index (χ2v) is 5.44. The van der Waals surface area contributed by atoms with Gasteiger partial charge in [-0.2, -0.15) is 0 Å². The fourth-order valence-electron chi connectivity index (χ4n) is 2.09. The molecule has 106 valence electrons. The number of anilines is 1. The lowest BCUT2D eigenvalue weighted by Gasteiger charge is -2.15. The number of benzene rings is 1. The first-order chi connectivity index (χ1) is 9.36. The van der Waals surface area contributed by atoms with Gasteiger partial charge in [0.05, 0.1) is 0 Å². The van der Waals surface area contributed by atoms with Gasteiger partial charge in [-0.3, -0.25) is 0 Å². The van der Waals surface area contributed by atoms with Crippen molar-refractivity contribution in [3.8, 4) is 11.8 Å². The average Bonchev–Trinajstić information content (AvgIpc) is 2.31. The van der Waals surface area contributed by atoms with E-state index in [4.69, 9.17) is 10.5 Å². The van der Waals surface area contributed by atoms with E-state index < -0.39 is 0 Å². The predicted octanol–water partition coefficient (Wildman–Crippen LogP) is 3.90. The molecular formula is C16H21N3O. The number of aryl methyl sites for hydroxylation is 3. The van der Waals surface area contributed by atoms with Crippen molar-refractivity contribution in [3.63, 3.8) is 0 Å². The smallest absolute Gasteiger partial charge is 0.322 e. The highest BCUT2D eigenvalue weighted by Crippen LogP contribution is 2.33. The normalized spacial score (nSPS) is 10.9. The van der Waals surface area contributed by atoms with E-state index in [-0.39, 0.29) is 0 Å². The topological polar surface area (TPSA) is 61.0 Å². The summed E-state index contributed by atoms with van der Waals surface area (Å²) in [7, 11) is 0. The van der Waals surface area contributed by atoms with E-state index in [1.165, 1.54) is 0 Å². The number of rotatable bonds is 3. The van der Waals surface area contributed by atoms with Crippen molar-refractivity contribution in [2.75, 3.05) is 5.73 Å². The number of aromatic nitrogens is 2. The summed E-state index contributed by atoms with van der Waals surface area (Å²) >= 11 is 0. The van der Waals surface area contributed by atoms with Gasteiger partial charge in [0.2, 0.25) is 0 Å². The third-order valence-corrected chi connectivity index (χ3v) is 3.18. The first kappa shape index (κ1) is 14.3. The van der Waals surface area contributed by atoms with E-state index in [0.29, 0.717) is 11.9 Å². The van der Waals surface area contributed by atoms with Crippen LogP contribution >= 0.6 is 0 Å². The lowest BCUT2D eigenvalue weighted by Crippen LogP contribution is -2.01. The van der Waals surface area contributed by atoms with Crippen LogP contribution in [-0.4, -0.2) is 9.97 Å². The van der Waals surface area contributed by atoms with E-state index >= 15 is 0 Å². The number of ether oxygens (including phenoxy) is 1. The Morgan fingerprint density at radius 2 is 1.60 bits per heavy atom. The van der Waals surface area contributed by atoms with Gasteiger partial charge in [-0.05, 0) is 56.0 Å². The monoisotopic (exact) mass is 271 g/mol. The van der Waals surface area contributed by atoms with E-state index in [2.05, 4.69) is 23.8 Å². The molecule has 2 aromatic rings. The third kappa shape index (κ3) is 3.07. The van der Waals surface area contributed by atoms with Crippen molar-refractivity contribution < 1.29 is 4.74 Å². The zero-order chi connectivity index (χ0) is 14.9. The largest absolute Gasteiger partial charge is 0.424 e. The molecule has 0 radical (unpaired) electrons. The molecule has 1 heterocycles. The van der Waals surface area contributed by atoms with Crippen molar-refractivity contribution in [3.05, 3.63) is 40.7 Å². The summed E-state index contributed by atoms with van der Waals surface area (Å²) in [6, 6.07) is 6.22. The van der Waals surface area contributed by atoms with Crippen LogP contribution in [0.5, 0.6) is 11.8 Å². The molecule has 0 saturated carbocycles. The molecule has 4 nitrogen and oxygen atoms in total. The quantitative estimate of drug-likeness (QED) is 0.860. The minimum Gasteiger partial charge on any atom is -0.424 e. The number of nitrogens with zero attached hydrogens (tertiary/aromatic N) is 2. The molecule has 0 amide bonds. The zero-order valence-electron chi connectivity index (χ0n) is 12.7. The molecule has 0 aliphatic heterocycles. The van der Waals surface area contributed by atoms with Crippen LogP contribution in [-0.2, 0) is 0 Å². The summed E-state index contributed by atoms with van der Waals surface area (Å²) in [4.78, 5) is 8.63. The molecule has 2 rings (SSSR count). The van der Waals surface area contributed by atoms with Crippen LogP contribution in [0, 0.1) is 20.8 Å². The Kier molecular flexibility index (Phi) is 3.93. The van der Waals surface area contributed by atoms with Crippen molar-refractivity contribution >= 4 is 5.69 Å². The average molecular weight is 271 g/mol. The van der Waals surface area contributed by atoms with Gasteiger partial charge < -0.3 is 10.5 Å². The molecule has 4 heteroatoms. The molecule has 0 spiro atoms. The molecule has 0 aliphatic rings. The van der Waals surface area contributed by atoms with Gasteiger partial charge >= 0.3 is 6.01 Å². The molecular weight excluding hydrogens is 250 g/mol. The number of nitrogen functional groups attached to an aromatic ring is 1. The number of nitrogens with two attached hydrogens (primary N) is 1. The summed E-state index contributed by atoms with van der Waals surface area (Å²) in [5.74, 6) is 1.09. The van der Waals surface area contributed by atoms with Gasteiger partial charge in [0, 0.05) is 17.1 Å². The van der Waals surface area contributed by atoms with Gasteiger partial charge in [-0.1, -0.05) is 13.8 Å². The van der Waals surface area contributed by atoms with Gasteiger partial charge in [0.1, 0.15) is 5.75 Å². The predicted molar refractivity (Wildman–Crippen MR) is 81.3 cm³/mol. The maximum absolute atomic E-state index is 5.98. The van der Waals surface area contributed by atoms with Crippen molar-refractivity contribution in [2.24, 2.45) is 0 Å². The lowest BCUT2D eigenvalue weighted by atomic mass is 9.99. The van der Waals surface area contributed by atoms with Crippen LogP contribution in [0.25, 0.3) is 0 Å². The van der Waals surface area contributed by atoms with Crippen molar-refractivity contribution in [1.29, 1.82) is 0 Å². The van der Waals surface area contributed by atoms with Crippen LogP contribution in [0.2, 0.25) is 0 Å². The Morgan fingerprint density at radius 1 is 1.00 bits per heavy atom. The minimum absolute atomic E-state index is 0.318. The summed E-state index contributed by atoms with van der Waals surface area (Å²) in [5, 5.41) is 0. The zero-order valence-corrected chi connectivity index (χ0v) is 12.7. The Hall–Kier alpha value is -2.10. The fourth-order valence-corrected chi connectivity index (χ4v) is 2.09. The minimum atomic E-state index is 0.318. The second kappa shape index (κ2) is 5.49. The molecule has 1 aromatic carbocycles. The lowest BCUT2D eigenvalue weighted by molar-refractivity contribution is 0.431. The Labute approximate surface area is 120 Å². The highest BCUT2D eigenvalue weighted by Gasteiger charge is 2.13. The fraction of sp³-hybridized carbons (Fsp3) is 0.375.